The van der Waals surface area contributed by atoms with Crippen LogP contribution in [0, 0.1) is 0 Å². The molecule has 0 aromatic heterocycles. The Morgan fingerprint density at radius 2 is 2.00 bits per heavy atom. The number of hydrogen-bond donors (Lipinski definition) is 1. The van der Waals surface area contributed by atoms with Crippen LogP contribution in [0.2, 0.25) is 5.02 Å². The third-order valence-corrected chi connectivity index (χ3v) is 4.28. The number of nitrogens with zero attached hydrogens (tertiary/aromatic N) is 2. The highest BCUT2D eigenvalue weighted by atomic mass is 127. The van der Waals surface area contributed by atoms with Gasteiger partial charge in [0.25, 0.3) is 0 Å². The molecule has 1 heterocycles. The summed E-state index contributed by atoms with van der Waals surface area (Å²) in [5.74, 6) is 0.885. The van der Waals surface area contributed by atoms with Gasteiger partial charge in [-0.2, -0.15) is 0 Å². The Bertz CT molecular complexity index is 508. The molecule has 1 aromatic carbocycles. The highest BCUT2D eigenvalue weighted by Gasteiger charge is 2.13. The number of ether oxygens (including phenoxy) is 2. The normalized spacial score (nSPS) is 15.6. The Hall–Kier alpha value is -0.570. The van der Waals surface area contributed by atoms with Crippen LogP contribution in [0.5, 0.6) is 0 Å². The molecule has 142 valence electrons. The molecule has 0 radical (unpaired) electrons. The van der Waals surface area contributed by atoms with E-state index in [1.807, 2.05) is 31.3 Å². The smallest absolute Gasteiger partial charge is 0.193 e. The van der Waals surface area contributed by atoms with Gasteiger partial charge in [-0.25, -0.2) is 0 Å². The topological polar surface area (TPSA) is 46.1 Å². The van der Waals surface area contributed by atoms with Gasteiger partial charge in [0.05, 0.1) is 6.10 Å². The Morgan fingerprint density at radius 3 is 2.64 bits per heavy atom. The average molecular weight is 482 g/mol. The fourth-order valence-corrected chi connectivity index (χ4v) is 2.81. The van der Waals surface area contributed by atoms with Gasteiger partial charge in [0.1, 0.15) is 0 Å². The summed E-state index contributed by atoms with van der Waals surface area (Å²) in [5.41, 5.74) is 1.20. The molecule has 5 nitrogen and oxygen atoms in total. The predicted octanol–water partition coefficient (Wildman–Crippen LogP) is 3.55. The SMILES string of the molecule is CN=C(NCCCOC1CCOCC1)N(C)Cc1ccc(Cl)cc1.I. The summed E-state index contributed by atoms with van der Waals surface area (Å²) in [6, 6.07) is 7.89. The quantitative estimate of drug-likeness (QED) is 0.280. The van der Waals surface area contributed by atoms with Crippen LogP contribution in [0.4, 0.5) is 0 Å². The highest BCUT2D eigenvalue weighted by Crippen LogP contribution is 2.11. The van der Waals surface area contributed by atoms with E-state index in [9.17, 15) is 0 Å². The van der Waals surface area contributed by atoms with Crippen molar-refractivity contribution in [2.75, 3.05) is 40.5 Å². The maximum absolute atomic E-state index is 5.92. The molecule has 1 fully saturated rings. The van der Waals surface area contributed by atoms with E-state index in [0.717, 1.165) is 63.2 Å². The van der Waals surface area contributed by atoms with Crippen molar-refractivity contribution >= 4 is 41.5 Å². The summed E-state index contributed by atoms with van der Waals surface area (Å²) in [5, 5.41) is 4.14. The number of guanidine groups is 1. The van der Waals surface area contributed by atoms with E-state index in [1.165, 1.54) is 5.56 Å². The van der Waals surface area contributed by atoms with E-state index >= 15 is 0 Å². The van der Waals surface area contributed by atoms with E-state index in [-0.39, 0.29) is 24.0 Å². The Labute approximate surface area is 173 Å². The lowest BCUT2D eigenvalue weighted by atomic mass is 10.1. The van der Waals surface area contributed by atoms with Crippen LogP contribution >= 0.6 is 35.6 Å². The Kier molecular flexibility index (Phi) is 11.4. The van der Waals surface area contributed by atoms with Gasteiger partial charge in [-0.1, -0.05) is 23.7 Å². The lowest BCUT2D eigenvalue weighted by Crippen LogP contribution is -2.39. The van der Waals surface area contributed by atoms with Crippen LogP contribution < -0.4 is 5.32 Å². The fourth-order valence-electron chi connectivity index (χ4n) is 2.69. The first kappa shape index (κ1) is 22.5. The molecule has 1 aliphatic heterocycles. The Morgan fingerprint density at radius 1 is 1.32 bits per heavy atom. The summed E-state index contributed by atoms with van der Waals surface area (Å²) in [6.45, 7) is 4.06. The van der Waals surface area contributed by atoms with Gasteiger partial charge >= 0.3 is 0 Å². The summed E-state index contributed by atoms with van der Waals surface area (Å²) in [7, 11) is 3.84. The zero-order valence-electron chi connectivity index (χ0n) is 15.0. The molecule has 1 N–H and O–H groups in total. The van der Waals surface area contributed by atoms with Gasteiger partial charge in [0.2, 0.25) is 0 Å². The number of halogens is 2. The second kappa shape index (κ2) is 12.7. The first-order valence-corrected chi connectivity index (χ1v) is 8.92. The predicted molar refractivity (Wildman–Crippen MR) is 114 cm³/mol. The van der Waals surface area contributed by atoms with Crippen LogP contribution in [0.3, 0.4) is 0 Å². The minimum atomic E-state index is 0. The van der Waals surface area contributed by atoms with E-state index in [1.54, 1.807) is 7.05 Å². The van der Waals surface area contributed by atoms with Gasteiger partial charge in [0.15, 0.2) is 5.96 Å². The third kappa shape index (κ3) is 8.57. The minimum Gasteiger partial charge on any atom is -0.381 e. The van der Waals surface area contributed by atoms with E-state index in [4.69, 9.17) is 21.1 Å². The summed E-state index contributed by atoms with van der Waals surface area (Å²) >= 11 is 5.92. The largest absolute Gasteiger partial charge is 0.381 e. The molecular formula is C18H29ClIN3O2. The first-order chi connectivity index (χ1) is 11.7. The lowest BCUT2D eigenvalue weighted by Gasteiger charge is -2.23. The minimum absolute atomic E-state index is 0. The maximum Gasteiger partial charge on any atom is 0.193 e. The standard InChI is InChI=1S/C18H28ClN3O2.HI/c1-20-18(22(2)14-15-4-6-16(19)7-5-15)21-10-3-11-24-17-8-12-23-13-9-17;/h4-7,17H,3,8-14H2,1-2H3,(H,20,21);1H. The second-order valence-electron chi connectivity index (χ2n) is 5.99. The van der Waals surface area contributed by atoms with Crippen LogP contribution in [-0.2, 0) is 16.0 Å². The molecule has 0 bridgehead atoms. The first-order valence-electron chi connectivity index (χ1n) is 8.54. The Balaban J connectivity index is 0.00000312. The highest BCUT2D eigenvalue weighted by molar-refractivity contribution is 14.0. The van der Waals surface area contributed by atoms with Crippen molar-refractivity contribution in [2.45, 2.75) is 31.9 Å². The maximum atomic E-state index is 5.92. The molecule has 25 heavy (non-hydrogen) atoms. The van der Waals surface area contributed by atoms with E-state index in [0.29, 0.717) is 6.10 Å². The number of nitrogens with one attached hydrogen (secondary N) is 1. The van der Waals surface area contributed by atoms with Gasteiger partial charge < -0.3 is 19.7 Å². The van der Waals surface area contributed by atoms with Crippen molar-refractivity contribution in [3.63, 3.8) is 0 Å². The molecule has 1 aromatic rings. The third-order valence-electron chi connectivity index (χ3n) is 4.03. The number of rotatable bonds is 7. The van der Waals surface area contributed by atoms with Crippen LogP contribution in [0.15, 0.2) is 29.3 Å². The lowest BCUT2D eigenvalue weighted by molar-refractivity contribution is -0.0320. The summed E-state index contributed by atoms with van der Waals surface area (Å²) < 4.78 is 11.2. The van der Waals surface area contributed by atoms with E-state index in [2.05, 4.69) is 15.2 Å². The van der Waals surface area contributed by atoms with Crippen molar-refractivity contribution in [3.8, 4) is 0 Å². The summed E-state index contributed by atoms with van der Waals surface area (Å²) in [6.07, 6.45) is 3.36. The second-order valence-corrected chi connectivity index (χ2v) is 6.43. The molecule has 1 saturated heterocycles. The van der Waals surface area contributed by atoms with Crippen molar-refractivity contribution in [1.82, 2.24) is 10.2 Å². The number of aliphatic imine (C=N–C) groups is 1. The molecule has 0 unspecified atom stereocenters. The molecule has 7 heteroatoms. The van der Waals surface area contributed by atoms with Crippen molar-refractivity contribution in [1.29, 1.82) is 0 Å². The van der Waals surface area contributed by atoms with Crippen LogP contribution in [-0.4, -0.2) is 57.4 Å². The van der Waals surface area contributed by atoms with Gasteiger partial charge in [0, 0.05) is 52.0 Å². The zero-order chi connectivity index (χ0) is 17.2. The number of hydrogen-bond acceptors (Lipinski definition) is 3. The molecule has 2 rings (SSSR count). The van der Waals surface area contributed by atoms with Crippen LogP contribution in [0.25, 0.3) is 0 Å². The molecule has 0 saturated carbocycles. The number of benzene rings is 1. The fraction of sp³-hybridized carbons (Fsp3) is 0.611. The van der Waals surface area contributed by atoms with Crippen molar-refractivity contribution < 1.29 is 9.47 Å². The zero-order valence-corrected chi connectivity index (χ0v) is 18.1. The average Bonchev–Trinajstić information content (AvgIpc) is 2.61. The summed E-state index contributed by atoms with van der Waals surface area (Å²) in [4.78, 5) is 6.44. The molecule has 0 aliphatic carbocycles. The molecule has 1 aliphatic rings. The molecule has 0 atom stereocenters. The van der Waals surface area contributed by atoms with Crippen LogP contribution in [0.1, 0.15) is 24.8 Å². The molecule has 0 amide bonds. The van der Waals surface area contributed by atoms with Gasteiger partial charge in [-0.15, -0.1) is 24.0 Å². The monoisotopic (exact) mass is 481 g/mol. The molecule has 0 spiro atoms. The molecular weight excluding hydrogens is 453 g/mol. The van der Waals surface area contributed by atoms with Crippen molar-refractivity contribution in [3.05, 3.63) is 34.9 Å². The van der Waals surface area contributed by atoms with Gasteiger partial charge in [-0.05, 0) is 37.0 Å². The van der Waals surface area contributed by atoms with E-state index < -0.39 is 0 Å². The van der Waals surface area contributed by atoms with Crippen molar-refractivity contribution in [2.24, 2.45) is 4.99 Å². The van der Waals surface area contributed by atoms with Gasteiger partial charge in [-0.3, -0.25) is 4.99 Å².